The van der Waals surface area contributed by atoms with Crippen LogP contribution in [0.25, 0.3) is 0 Å². The van der Waals surface area contributed by atoms with Gasteiger partial charge in [0.25, 0.3) is 0 Å². The van der Waals surface area contributed by atoms with Gasteiger partial charge in [0.15, 0.2) is 0 Å². The second kappa shape index (κ2) is 11.7. The molecule has 0 aromatic heterocycles. The number of rotatable bonds is 10. The zero-order valence-corrected chi connectivity index (χ0v) is 18.9. The SMILES string of the molecule is CC(Cc1ccc(OCc2ccccc2)c(/C=N/N(C)C)c1)C(=O)OCc1ccccc1. The Labute approximate surface area is 190 Å². The third kappa shape index (κ3) is 7.27. The normalized spacial score (nSPS) is 11.8. The number of hydrogen-bond donors (Lipinski definition) is 0. The van der Waals surface area contributed by atoms with Crippen LogP contribution in [0.3, 0.4) is 0 Å². The van der Waals surface area contributed by atoms with Gasteiger partial charge in [0, 0.05) is 19.7 Å². The minimum Gasteiger partial charge on any atom is -0.488 e. The summed E-state index contributed by atoms with van der Waals surface area (Å²) in [5, 5.41) is 6.10. The average molecular weight is 431 g/mol. The molecule has 0 aliphatic carbocycles. The molecule has 166 valence electrons. The van der Waals surface area contributed by atoms with Crippen molar-refractivity contribution in [1.82, 2.24) is 5.01 Å². The van der Waals surface area contributed by atoms with Gasteiger partial charge in [-0.15, -0.1) is 0 Å². The van der Waals surface area contributed by atoms with Crippen LogP contribution in [0.15, 0.2) is 84.0 Å². The second-order valence-corrected chi connectivity index (χ2v) is 7.94. The van der Waals surface area contributed by atoms with E-state index in [1.807, 2.05) is 99.9 Å². The molecule has 0 aliphatic rings. The van der Waals surface area contributed by atoms with Gasteiger partial charge < -0.3 is 14.5 Å². The fourth-order valence-corrected chi connectivity index (χ4v) is 3.18. The van der Waals surface area contributed by atoms with E-state index in [4.69, 9.17) is 9.47 Å². The maximum absolute atomic E-state index is 12.5. The van der Waals surface area contributed by atoms with Crippen molar-refractivity contribution in [3.63, 3.8) is 0 Å². The van der Waals surface area contributed by atoms with Crippen LogP contribution in [-0.4, -0.2) is 31.3 Å². The van der Waals surface area contributed by atoms with E-state index in [0.29, 0.717) is 13.0 Å². The molecular weight excluding hydrogens is 400 g/mol. The second-order valence-electron chi connectivity index (χ2n) is 7.94. The van der Waals surface area contributed by atoms with E-state index < -0.39 is 0 Å². The number of nitrogens with zero attached hydrogens (tertiary/aromatic N) is 2. The van der Waals surface area contributed by atoms with Crippen molar-refractivity contribution < 1.29 is 14.3 Å². The number of ether oxygens (including phenoxy) is 2. The molecule has 0 aliphatic heterocycles. The standard InChI is InChI=1S/C27H30N2O3/c1-21(27(30)32-20-23-12-8-5-9-13-23)16-24-14-15-26(25(17-24)18-28-29(2)3)31-19-22-10-6-4-7-11-22/h4-15,17-18,21H,16,19-20H2,1-3H3/b28-18+. The van der Waals surface area contributed by atoms with Crippen LogP contribution in [0.1, 0.15) is 29.2 Å². The van der Waals surface area contributed by atoms with Crippen LogP contribution in [-0.2, 0) is 29.2 Å². The van der Waals surface area contributed by atoms with Gasteiger partial charge in [-0.25, -0.2) is 0 Å². The first-order chi connectivity index (χ1) is 15.5. The van der Waals surface area contributed by atoms with E-state index in [0.717, 1.165) is 28.0 Å². The molecule has 0 N–H and O–H groups in total. The molecule has 0 spiro atoms. The van der Waals surface area contributed by atoms with E-state index >= 15 is 0 Å². The molecule has 0 saturated heterocycles. The fourth-order valence-electron chi connectivity index (χ4n) is 3.18. The Morgan fingerprint density at radius 2 is 1.53 bits per heavy atom. The van der Waals surface area contributed by atoms with Crippen LogP contribution in [0.4, 0.5) is 0 Å². The van der Waals surface area contributed by atoms with E-state index in [-0.39, 0.29) is 18.5 Å². The van der Waals surface area contributed by atoms with E-state index in [9.17, 15) is 4.79 Å². The lowest BCUT2D eigenvalue weighted by molar-refractivity contribution is -0.149. The topological polar surface area (TPSA) is 51.1 Å². The lowest BCUT2D eigenvalue weighted by Crippen LogP contribution is -2.17. The Kier molecular flexibility index (Phi) is 8.44. The molecule has 0 saturated carbocycles. The van der Waals surface area contributed by atoms with Crippen molar-refractivity contribution in [2.24, 2.45) is 11.0 Å². The molecule has 5 heteroatoms. The Bertz CT molecular complexity index is 1020. The van der Waals surface area contributed by atoms with Crippen molar-refractivity contribution in [3.05, 3.63) is 101 Å². The van der Waals surface area contributed by atoms with Gasteiger partial charge in [-0.3, -0.25) is 4.79 Å². The minimum absolute atomic E-state index is 0.207. The number of carbonyl (C=O) groups excluding carboxylic acids is 1. The highest BCUT2D eigenvalue weighted by molar-refractivity contribution is 5.83. The molecule has 32 heavy (non-hydrogen) atoms. The smallest absolute Gasteiger partial charge is 0.309 e. The summed E-state index contributed by atoms with van der Waals surface area (Å²) in [6, 6.07) is 25.7. The number of carbonyl (C=O) groups is 1. The quantitative estimate of drug-likeness (QED) is 0.256. The number of hydrazone groups is 1. The van der Waals surface area contributed by atoms with E-state index in [1.54, 1.807) is 11.2 Å². The highest BCUT2D eigenvalue weighted by Crippen LogP contribution is 2.22. The first-order valence-electron chi connectivity index (χ1n) is 10.7. The molecule has 0 fully saturated rings. The fraction of sp³-hybridized carbons (Fsp3) is 0.259. The average Bonchev–Trinajstić information content (AvgIpc) is 2.81. The van der Waals surface area contributed by atoms with Gasteiger partial charge >= 0.3 is 5.97 Å². The number of hydrogen-bond acceptors (Lipinski definition) is 5. The summed E-state index contributed by atoms with van der Waals surface area (Å²) < 4.78 is 11.5. The van der Waals surface area contributed by atoms with Crippen LogP contribution < -0.4 is 4.74 Å². The Morgan fingerprint density at radius 1 is 0.906 bits per heavy atom. The summed E-state index contributed by atoms with van der Waals surface area (Å²) in [6.45, 7) is 2.66. The first-order valence-corrected chi connectivity index (χ1v) is 10.7. The Balaban J connectivity index is 1.66. The molecule has 0 bridgehead atoms. The van der Waals surface area contributed by atoms with Gasteiger partial charge in [-0.05, 0) is 35.2 Å². The Morgan fingerprint density at radius 3 is 2.16 bits per heavy atom. The van der Waals surface area contributed by atoms with Crippen molar-refractivity contribution in [2.75, 3.05) is 14.1 Å². The highest BCUT2D eigenvalue weighted by Gasteiger charge is 2.16. The molecule has 0 radical (unpaired) electrons. The summed E-state index contributed by atoms with van der Waals surface area (Å²) >= 11 is 0. The van der Waals surface area contributed by atoms with Gasteiger partial charge in [0.1, 0.15) is 19.0 Å². The molecule has 1 atom stereocenters. The molecular formula is C27H30N2O3. The molecule has 1 unspecified atom stereocenters. The molecule has 0 heterocycles. The molecule has 5 nitrogen and oxygen atoms in total. The van der Waals surface area contributed by atoms with Crippen LogP contribution in [0.5, 0.6) is 5.75 Å². The van der Waals surface area contributed by atoms with E-state index in [2.05, 4.69) is 5.10 Å². The lowest BCUT2D eigenvalue weighted by atomic mass is 9.99. The summed E-state index contributed by atoms with van der Waals surface area (Å²) in [6.07, 6.45) is 2.36. The zero-order chi connectivity index (χ0) is 22.8. The first kappa shape index (κ1) is 23.1. The van der Waals surface area contributed by atoms with Crippen molar-refractivity contribution in [2.45, 2.75) is 26.6 Å². The third-order valence-electron chi connectivity index (χ3n) is 4.91. The minimum atomic E-state index is -0.256. The number of esters is 1. The molecule has 3 rings (SSSR count). The van der Waals surface area contributed by atoms with Crippen LogP contribution in [0.2, 0.25) is 0 Å². The van der Waals surface area contributed by atoms with Crippen LogP contribution in [0, 0.1) is 5.92 Å². The Hall–Kier alpha value is -3.60. The lowest BCUT2D eigenvalue weighted by Gasteiger charge is -2.14. The summed E-state index contributed by atoms with van der Waals surface area (Å²) in [5.74, 6) is 0.290. The highest BCUT2D eigenvalue weighted by atomic mass is 16.5. The predicted molar refractivity (Wildman–Crippen MR) is 128 cm³/mol. The maximum atomic E-state index is 12.5. The van der Waals surface area contributed by atoms with Gasteiger partial charge in [0.2, 0.25) is 0 Å². The number of benzene rings is 3. The van der Waals surface area contributed by atoms with Crippen LogP contribution >= 0.6 is 0 Å². The van der Waals surface area contributed by atoms with Gasteiger partial charge in [-0.1, -0.05) is 73.7 Å². The third-order valence-corrected chi connectivity index (χ3v) is 4.91. The van der Waals surface area contributed by atoms with Crippen molar-refractivity contribution in [1.29, 1.82) is 0 Å². The molecule has 0 amide bonds. The van der Waals surface area contributed by atoms with Gasteiger partial charge in [0.05, 0.1) is 12.1 Å². The summed E-state index contributed by atoms with van der Waals surface area (Å²) in [4.78, 5) is 12.5. The largest absolute Gasteiger partial charge is 0.488 e. The molecule has 3 aromatic carbocycles. The summed E-state index contributed by atoms with van der Waals surface area (Å²) in [5.41, 5.74) is 3.98. The summed E-state index contributed by atoms with van der Waals surface area (Å²) in [7, 11) is 3.74. The zero-order valence-electron chi connectivity index (χ0n) is 18.9. The molecule has 3 aromatic rings. The van der Waals surface area contributed by atoms with E-state index in [1.165, 1.54) is 0 Å². The monoisotopic (exact) mass is 430 g/mol. The maximum Gasteiger partial charge on any atom is 0.309 e. The van der Waals surface area contributed by atoms with Gasteiger partial charge in [-0.2, -0.15) is 5.10 Å². The van der Waals surface area contributed by atoms with Crippen molar-refractivity contribution in [3.8, 4) is 5.75 Å². The van der Waals surface area contributed by atoms with Crippen molar-refractivity contribution >= 4 is 12.2 Å². The predicted octanol–water partition coefficient (Wildman–Crippen LogP) is 5.08.